The second-order valence-corrected chi connectivity index (χ2v) is 7.53. The van der Waals surface area contributed by atoms with Gasteiger partial charge in [-0.3, -0.25) is 9.99 Å². The highest BCUT2D eigenvalue weighted by Crippen LogP contribution is 2.30. The molecule has 0 aliphatic rings. The fourth-order valence-electron chi connectivity index (χ4n) is 3.51. The lowest BCUT2D eigenvalue weighted by atomic mass is 10.1. The number of hydrogen-bond acceptors (Lipinski definition) is 9. The topological polar surface area (TPSA) is 138 Å². The van der Waals surface area contributed by atoms with E-state index in [0.29, 0.717) is 17.9 Å². The Morgan fingerprint density at radius 3 is 2.49 bits per heavy atom. The number of hydrogen-bond donors (Lipinski definition) is 2. The lowest BCUT2D eigenvalue weighted by Crippen LogP contribution is -2.32. The number of halogens is 1. The van der Waals surface area contributed by atoms with Crippen molar-refractivity contribution in [2.45, 2.75) is 6.54 Å². The monoisotopic (exact) mass is 469 g/mol. The lowest BCUT2D eigenvalue weighted by molar-refractivity contribution is 0.408. The molecule has 0 amide bonds. The highest BCUT2D eigenvalue weighted by molar-refractivity contribution is 5.93. The maximum Gasteiger partial charge on any atom is 0.276 e. The predicted molar refractivity (Wildman–Crippen MR) is 127 cm³/mol. The van der Waals surface area contributed by atoms with Crippen LogP contribution in [0.4, 0.5) is 10.1 Å². The number of aromatic nitrogens is 6. The van der Waals surface area contributed by atoms with E-state index in [-0.39, 0.29) is 23.0 Å². The minimum Gasteiger partial charge on any atom is -0.392 e. The van der Waals surface area contributed by atoms with Crippen LogP contribution in [0.2, 0.25) is 0 Å². The van der Waals surface area contributed by atoms with Crippen molar-refractivity contribution in [2.75, 3.05) is 5.01 Å². The van der Waals surface area contributed by atoms with Gasteiger partial charge in [0.05, 0.1) is 17.9 Å². The van der Waals surface area contributed by atoms with Gasteiger partial charge >= 0.3 is 0 Å². The Bertz CT molecular complexity index is 1450. The third-order valence-corrected chi connectivity index (χ3v) is 5.24. The van der Waals surface area contributed by atoms with Crippen LogP contribution in [0.25, 0.3) is 22.8 Å². The molecule has 3 aromatic heterocycles. The van der Waals surface area contributed by atoms with Gasteiger partial charge in [-0.15, -0.1) is 0 Å². The Labute approximate surface area is 199 Å². The van der Waals surface area contributed by atoms with Crippen LogP contribution in [-0.4, -0.2) is 29.9 Å². The van der Waals surface area contributed by atoms with Crippen LogP contribution < -0.4 is 16.6 Å². The average Bonchev–Trinajstić information content (AvgIpc) is 3.58. The van der Waals surface area contributed by atoms with E-state index < -0.39 is 5.82 Å². The molecule has 3 heterocycles. The minimum absolute atomic E-state index is 0.0466. The quantitative estimate of drug-likeness (QED) is 0.272. The van der Waals surface area contributed by atoms with Gasteiger partial charge in [-0.2, -0.15) is 10.1 Å². The second kappa shape index (κ2) is 9.53. The third-order valence-electron chi connectivity index (χ3n) is 5.24. The number of para-hydroxylation sites is 1. The number of rotatable bonds is 7. The zero-order valence-electron chi connectivity index (χ0n) is 18.4. The number of hydrazine groups is 1. The summed E-state index contributed by atoms with van der Waals surface area (Å²) in [6.45, 7) is 0.588. The van der Waals surface area contributed by atoms with Gasteiger partial charge in [0, 0.05) is 23.5 Å². The van der Waals surface area contributed by atoms with E-state index in [1.54, 1.807) is 53.7 Å². The fraction of sp³-hybridized carbons (Fsp3) is 0.0417. The summed E-state index contributed by atoms with van der Waals surface area (Å²) in [5, 5.41) is 9.32. The first-order valence-corrected chi connectivity index (χ1v) is 10.6. The van der Waals surface area contributed by atoms with Crippen molar-refractivity contribution in [1.29, 1.82) is 0 Å². The molecular formula is C24H20FN9O. The molecule has 5 aromatic rings. The van der Waals surface area contributed by atoms with E-state index >= 15 is 0 Å². The van der Waals surface area contributed by atoms with E-state index in [9.17, 15) is 4.39 Å². The Balaban J connectivity index is 1.49. The summed E-state index contributed by atoms with van der Waals surface area (Å²) in [4.78, 5) is 12.4. The van der Waals surface area contributed by atoms with Crippen molar-refractivity contribution in [3.05, 3.63) is 109 Å². The van der Waals surface area contributed by atoms with Gasteiger partial charge < -0.3 is 10.3 Å². The van der Waals surface area contributed by atoms with Crippen molar-refractivity contribution in [1.82, 2.24) is 29.9 Å². The third kappa shape index (κ3) is 4.61. The highest BCUT2D eigenvalue weighted by Gasteiger charge is 2.22. The van der Waals surface area contributed by atoms with Gasteiger partial charge in [-0.1, -0.05) is 41.6 Å². The molecule has 0 saturated heterocycles. The molecule has 0 aliphatic heterocycles. The van der Waals surface area contributed by atoms with Crippen molar-refractivity contribution in [3.8, 4) is 11.4 Å². The van der Waals surface area contributed by atoms with Crippen molar-refractivity contribution in [3.63, 3.8) is 0 Å². The molecule has 10 nitrogen and oxygen atoms in total. The average molecular weight is 469 g/mol. The molecule has 0 saturated carbocycles. The second-order valence-electron chi connectivity index (χ2n) is 7.53. The summed E-state index contributed by atoms with van der Waals surface area (Å²) in [5.41, 5.74) is 9.32. The molecule has 5 rings (SSSR count). The first kappa shape index (κ1) is 21.9. The van der Waals surface area contributed by atoms with Crippen LogP contribution in [-0.2, 0) is 6.54 Å². The van der Waals surface area contributed by atoms with Crippen LogP contribution >= 0.6 is 0 Å². The summed E-state index contributed by atoms with van der Waals surface area (Å²) in [6, 6.07) is 17.1. The molecule has 0 radical (unpaired) electrons. The van der Waals surface area contributed by atoms with Crippen LogP contribution in [0.5, 0.6) is 0 Å². The summed E-state index contributed by atoms with van der Waals surface area (Å²) >= 11 is 0. The Kier molecular flexibility index (Phi) is 5.97. The normalized spacial score (nSPS) is 11.8. The van der Waals surface area contributed by atoms with Crippen LogP contribution in [0, 0.1) is 5.82 Å². The van der Waals surface area contributed by atoms with Crippen molar-refractivity contribution in [2.24, 2.45) is 11.6 Å². The number of nitrogens with zero attached hydrogens (tertiary/aromatic N) is 7. The molecule has 0 spiro atoms. The van der Waals surface area contributed by atoms with E-state index in [0.717, 1.165) is 16.1 Å². The molecule has 174 valence electrons. The molecule has 4 N–H and O–H groups in total. The minimum atomic E-state index is -0.508. The number of nitrogens with two attached hydrogens (primary N) is 2. The number of benzene rings is 2. The summed E-state index contributed by atoms with van der Waals surface area (Å²) in [7, 11) is 0. The Hall–Kier alpha value is -4.90. The molecule has 0 unspecified atom stereocenters. The molecule has 0 bridgehead atoms. The standard InChI is InChI=1S/C24H20FN9O/c25-19-3-1-2-4-20(19)34(27)22(17-9-11-28-12-10-17)21(26)24-31-23(32-35-24)18-7-5-16(6-8-18)13-33-15-29-14-30-33/h1-12,14-15H,13,26-27H2/b22-21-. The van der Waals surface area contributed by atoms with Crippen molar-refractivity contribution < 1.29 is 8.91 Å². The van der Waals surface area contributed by atoms with Crippen LogP contribution in [0.3, 0.4) is 0 Å². The van der Waals surface area contributed by atoms with E-state index in [2.05, 4.69) is 25.2 Å². The molecule has 0 fully saturated rings. The van der Waals surface area contributed by atoms with E-state index in [1.165, 1.54) is 12.4 Å². The Morgan fingerprint density at radius 2 is 1.77 bits per heavy atom. The van der Waals surface area contributed by atoms with Crippen molar-refractivity contribution >= 4 is 17.1 Å². The molecule has 35 heavy (non-hydrogen) atoms. The first-order chi connectivity index (χ1) is 17.1. The van der Waals surface area contributed by atoms with Gasteiger partial charge in [-0.25, -0.2) is 19.9 Å². The van der Waals surface area contributed by atoms with Gasteiger partial charge in [-0.05, 0) is 29.8 Å². The molecular weight excluding hydrogens is 449 g/mol. The number of anilines is 1. The zero-order valence-corrected chi connectivity index (χ0v) is 18.4. The summed E-state index contributed by atoms with van der Waals surface area (Å²) < 4.78 is 21.7. The highest BCUT2D eigenvalue weighted by atomic mass is 19.1. The van der Waals surface area contributed by atoms with E-state index in [4.69, 9.17) is 16.1 Å². The molecule has 2 aromatic carbocycles. The number of pyridine rings is 1. The summed E-state index contributed by atoms with van der Waals surface area (Å²) in [5.74, 6) is 6.22. The Morgan fingerprint density at radius 1 is 1.00 bits per heavy atom. The van der Waals surface area contributed by atoms with Crippen LogP contribution in [0.1, 0.15) is 17.0 Å². The van der Waals surface area contributed by atoms with Gasteiger partial charge in [0.1, 0.15) is 24.2 Å². The van der Waals surface area contributed by atoms with E-state index in [1.807, 2.05) is 24.3 Å². The smallest absolute Gasteiger partial charge is 0.276 e. The summed E-state index contributed by atoms with van der Waals surface area (Å²) in [6.07, 6.45) is 6.30. The molecule has 11 heteroatoms. The molecule has 0 atom stereocenters. The predicted octanol–water partition coefficient (Wildman–Crippen LogP) is 3.08. The maximum absolute atomic E-state index is 14.5. The fourth-order valence-corrected chi connectivity index (χ4v) is 3.51. The largest absolute Gasteiger partial charge is 0.392 e. The SMILES string of the molecule is N/C(=C(/c1ccncc1)N(N)c1ccccc1F)c1nc(-c2ccc(Cn3cncn3)cc2)no1. The maximum atomic E-state index is 14.5. The van der Waals surface area contributed by atoms with Crippen LogP contribution in [0.15, 0.2) is 90.2 Å². The lowest BCUT2D eigenvalue weighted by Gasteiger charge is -2.23. The molecule has 0 aliphatic carbocycles. The first-order valence-electron chi connectivity index (χ1n) is 10.6. The van der Waals surface area contributed by atoms with Gasteiger partial charge in [0.15, 0.2) is 0 Å². The zero-order chi connectivity index (χ0) is 24.2. The van der Waals surface area contributed by atoms with Gasteiger partial charge in [0.25, 0.3) is 5.89 Å². The van der Waals surface area contributed by atoms with Gasteiger partial charge in [0.2, 0.25) is 5.82 Å².